The van der Waals surface area contributed by atoms with Crippen molar-refractivity contribution in [2.45, 2.75) is 12.6 Å². The van der Waals surface area contributed by atoms with Gasteiger partial charge in [0.2, 0.25) is 0 Å². The van der Waals surface area contributed by atoms with Crippen LogP contribution in [0.5, 0.6) is 0 Å². The summed E-state index contributed by atoms with van der Waals surface area (Å²) in [7, 11) is 0. The average molecular weight is 259 g/mol. The summed E-state index contributed by atoms with van der Waals surface area (Å²) in [6, 6.07) is 0.944. The molecule has 1 aromatic rings. The molecule has 0 unspecified atom stereocenters. The van der Waals surface area contributed by atoms with Gasteiger partial charge < -0.3 is 4.90 Å². The van der Waals surface area contributed by atoms with Crippen molar-refractivity contribution >= 4 is 28.9 Å². The lowest BCUT2D eigenvalue weighted by Crippen LogP contribution is -2.39. The zero-order valence-electron chi connectivity index (χ0n) is 8.66. The van der Waals surface area contributed by atoms with E-state index >= 15 is 0 Å². The third-order valence-electron chi connectivity index (χ3n) is 2.49. The Morgan fingerprint density at radius 1 is 1.41 bits per heavy atom. The molecule has 0 aromatic carbocycles. The topological polar surface area (TPSA) is 28.5 Å². The molecule has 0 saturated carbocycles. The predicted octanol–water partition coefficient (Wildman–Crippen LogP) is 3.04. The normalized spacial score (nSPS) is 15.1. The van der Waals surface area contributed by atoms with E-state index in [9.17, 15) is 13.2 Å². The number of pyridine rings is 1. The number of aliphatic imine (C=N–C) groups is 1. The van der Waals surface area contributed by atoms with Crippen LogP contribution in [-0.4, -0.2) is 23.2 Å². The molecule has 0 N–H and O–H groups in total. The van der Waals surface area contributed by atoms with E-state index in [1.54, 1.807) is 4.90 Å². The van der Waals surface area contributed by atoms with Gasteiger partial charge in [0, 0.05) is 13.1 Å². The fourth-order valence-corrected chi connectivity index (χ4v) is 1.65. The summed E-state index contributed by atoms with van der Waals surface area (Å²) in [4.78, 5) is 8.91. The number of hydrogen-bond donors (Lipinski definition) is 0. The van der Waals surface area contributed by atoms with E-state index in [1.807, 2.05) is 5.16 Å². The minimum absolute atomic E-state index is 0.0351. The lowest BCUT2D eigenvalue weighted by Gasteiger charge is -2.33. The molecule has 0 bridgehead atoms. The molecule has 3 nitrogen and oxygen atoms in total. The Kier molecular flexibility index (Phi) is 3.13. The standard InChI is InChI=1S/C10H8F3N3S/c11-10(12,13)8-4-7(15-6-17)5-14-9(8)16-2-1-3-16/h4-5H,1-3H2. The fourth-order valence-electron chi connectivity index (χ4n) is 1.55. The highest BCUT2D eigenvalue weighted by Crippen LogP contribution is 2.38. The summed E-state index contributed by atoms with van der Waals surface area (Å²) in [5.41, 5.74) is -0.708. The lowest BCUT2D eigenvalue weighted by molar-refractivity contribution is -0.137. The molecule has 90 valence electrons. The van der Waals surface area contributed by atoms with Crippen molar-refractivity contribution in [3.05, 3.63) is 17.8 Å². The van der Waals surface area contributed by atoms with Crippen LogP contribution in [0.4, 0.5) is 24.7 Å². The summed E-state index contributed by atoms with van der Waals surface area (Å²) in [5.74, 6) is -0.0351. The maximum Gasteiger partial charge on any atom is 0.420 e. The van der Waals surface area contributed by atoms with Crippen LogP contribution in [0.3, 0.4) is 0 Å². The molecule has 0 aliphatic carbocycles. The van der Waals surface area contributed by atoms with Crippen LogP contribution >= 0.6 is 12.2 Å². The largest absolute Gasteiger partial charge is 0.420 e. The summed E-state index contributed by atoms with van der Waals surface area (Å²) < 4.78 is 38.5. The molecule has 1 aliphatic rings. The van der Waals surface area contributed by atoms with Gasteiger partial charge >= 0.3 is 6.18 Å². The maximum absolute atomic E-state index is 12.8. The first-order valence-electron chi connectivity index (χ1n) is 4.92. The summed E-state index contributed by atoms with van der Waals surface area (Å²) in [6.07, 6.45) is -2.29. The van der Waals surface area contributed by atoms with Crippen LogP contribution in [0.2, 0.25) is 0 Å². The summed E-state index contributed by atoms with van der Waals surface area (Å²) in [6.45, 7) is 1.21. The van der Waals surface area contributed by atoms with E-state index in [1.165, 1.54) is 6.20 Å². The molecule has 1 aliphatic heterocycles. The van der Waals surface area contributed by atoms with E-state index < -0.39 is 11.7 Å². The third kappa shape index (κ3) is 2.45. The fraction of sp³-hybridized carbons (Fsp3) is 0.400. The zero-order chi connectivity index (χ0) is 12.5. The number of thiocarbonyl (C=S) groups is 1. The van der Waals surface area contributed by atoms with Crippen LogP contribution in [0.25, 0.3) is 0 Å². The highest BCUT2D eigenvalue weighted by Gasteiger charge is 2.37. The Morgan fingerprint density at radius 3 is 2.59 bits per heavy atom. The Bertz CT molecular complexity index is 476. The quantitative estimate of drug-likeness (QED) is 0.603. The van der Waals surface area contributed by atoms with Crippen molar-refractivity contribution < 1.29 is 13.2 Å². The van der Waals surface area contributed by atoms with E-state index in [0.29, 0.717) is 13.1 Å². The monoisotopic (exact) mass is 259 g/mol. The van der Waals surface area contributed by atoms with Crippen molar-refractivity contribution in [3.63, 3.8) is 0 Å². The number of alkyl halides is 3. The van der Waals surface area contributed by atoms with Crippen LogP contribution in [0.1, 0.15) is 12.0 Å². The smallest absolute Gasteiger partial charge is 0.356 e. The second-order valence-electron chi connectivity index (χ2n) is 3.61. The minimum atomic E-state index is -4.44. The van der Waals surface area contributed by atoms with E-state index in [-0.39, 0.29) is 11.5 Å². The van der Waals surface area contributed by atoms with Crippen molar-refractivity contribution in [1.29, 1.82) is 0 Å². The Morgan fingerprint density at radius 2 is 2.12 bits per heavy atom. The second-order valence-corrected chi connectivity index (χ2v) is 3.79. The molecular formula is C10H8F3N3S. The number of aromatic nitrogens is 1. The van der Waals surface area contributed by atoms with Crippen molar-refractivity contribution in [2.24, 2.45) is 4.99 Å². The molecule has 17 heavy (non-hydrogen) atoms. The van der Waals surface area contributed by atoms with E-state index in [0.717, 1.165) is 12.5 Å². The van der Waals surface area contributed by atoms with E-state index in [2.05, 4.69) is 22.2 Å². The summed E-state index contributed by atoms with van der Waals surface area (Å²) in [5, 5.41) is 2.03. The van der Waals surface area contributed by atoms with Gasteiger partial charge in [-0.1, -0.05) is 0 Å². The summed E-state index contributed by atoms with van der Waals surface area (Å²) >= 11 is 4.35. The van der Waals surface area contributed by atoms with Gasteiger partial charge in [-0.25, -0.2) is 4.98 Å². The average Bonchev–Trinajstić information content (AvgIpc) is 2.16. The van der Waals surface area contributed by atoms with Crippen LogP contribution in [-0.2, 0) is 6.18 Å². The van der Waals surface area contributed by atoms with E-state index in [4.69, 9.17) is 0 Å². The van der Waals surface area contributed by atoms with Gasteiger partial charge in [-0.3, -0.25) is 0 Å². The van der Waals surface area contributed by atoms with Crippen molar-refractivity contribution in [2.75, 3.05) is 18.0 Å². The molecule has 1 aromatic heterocycles. The number of isothiocyanates is 1. The van der Waals surface area contributed by atoms with Gasteiger partial charge in [0.05, 0.1) is 17.0 Å². The predicted molar refractivity (Wildman–Crippen MR) is 60.8 cm³/mol. The number of anilines is 1. The first-order chi connectivity index (χ1) is 8.02. The zero-order valence-corrected chi connectivity index (χ0v) is 9.48. The first kappa shape index (κ1) is 12.0. The van der Waals surface area contributed by atoms with Gasteiger partial charge in [-0.05, 0) is 24.7 Å². The lowest BCUT2D eigenvalue weighted by atomic mass is 10.1. The second kappa shape index (κ2) is 4.43. The van der Waals surface area contributed by atoms with Crippen LogP contribution in [0.15, 0.2) is 17.3 Å². The molecular weight excluding hydrogens is 251 g/mol. The molecule has 0 spiro atoms. The molecule has 2 heterocycles. The molecule has 0 amide bonds. The van der Waals surface area contributed by atoms with Crippen LogP contribution < -0.4 is 4.90 Å². The Hall–Kier alpha value is -1.46. The van der Waals surface area contributed by atoms with Crippen LogP contribution in [0, 0.1) is 0 Å². The minimum Gasteiger partial charge on any atom is -0.356 e. The molecule has 2 rings (SSSR count). The number of nitrogens with zero attached hydrogens (tertiary/aromatic N) is 3. The third-order valence-corrected chi connectivity index (χ3v) is 2.58. The van der Waals surface area contributed by atoms with Crippen molar-refractivity contribution in [3.8, 4) is 0 Å². The maximum atomic E-state index is 12.8. The number of rotatable bonds is 2. The molecule has 0 atom stereocenters. The van der Waals surface area contributed by atoms with Gasteiger partial charge in [0.15, 0.2) is 0 Å². The highest BCUT2D eigenvalue weighted by molar-refractivity contribution is 7.78. The SMILES string of the molecule is FC(F)(F)c1cc(N=C=S)cnc1N1CCC1. The molecule has 1 fully saturated rings. The number of hydrogen-bond acceptors (Lipinski definition) is 4. The molecule has 0 radical (unpaired) electrons. The first-order valence-corrected chi connectivity index (χ1v) is 5.33. The van der Waals surface area contributed by atoms with Gasteiger partial charge in [-0.15, -0.1) is 0 Å². The van der Waals surface area contributed by atoms with Gasteiger partial charge in [0.1, 0.15) is 11.4 Å². The molecule has 7 heteroatoms. The number of halogens is 3. The Balaban J connectivity index is 2.47. The molecule has 1 saturated heterocycles. The van der Waals surface area contributed by atoms with Gasteiger partial charge in [-0.2, -0.15) is 18.2 Å². The van der Waals surface area contributed by atoms with Gasteiger partial charge in [0.25, 0.3) is 0 Å². The Labute approximate surface area is 101 Å². The van der Waals surface area contributed by atoms with Crippen molar-refractivity contribution in [1.82, 2.24) is 4.98 Å². The highest BCUT2D eigenvalue weighted by atomic mass is 32.1.